The van der Waals surface area contributed by atoms with Crippen LogP contribution in [0, 0.1) is 6.92 Å². The Hall–Kier alpha value is -4.46. The second-order valence-corrected chi connectivity index (χ2v) is 6.87. The number of pyridine rings is 4. The number of carbonyl (C=O) groups excluding carboxylic acids is 1. The molecule has 5 aromatic heterocycles. The predicted octanol–water partition coefficient (Wildman–Crippen LogP) is 3.83. The molecule has 0 aromatic carbocycles. The molecule has 31 heavy (non-hydrogen) atoms. The molecule has 0 spiro atoms. The Morgan fingerprint density at radius 3 is 2.58 bits per heavy atom. The Morgan fingerprint density at radius 2 is 1.84 bits per heavy atom. The quantitative estimate of drug-likeness (QED) is 0.486. The number of nitrogens with one attached hydrogen (secondary N) is 1. The van der Waals surface area contributed by atoms with Crippen molar-refractivity contribution in [1.82, 2.24) is 29.5 Å². The van der Waals surface area contributed by atoms with Crippen molar-refractivity contribution in [2.45, 2.75) is 6.92 Å². The van der Waals surface area contributed by atoms with Gasteiger partial charge in [0.1, 0.15) is 23.0 Å². The monoisotopic (exact) mass is 407 g/mol. The van der Waals surface area contributed by atoms with Gasteiger partial charge in [-0.3, -0.25) is 19.3 Å². The van der Waals surface area contributed by atoms with E-state index in [0.717, 1.165) is 33.9 Å². The lowest BCUT2D eigenvalue weighted by atomic mass is 10.1. The first-order valence-electron chi connectivity index (χ1n) is 9.63. The Morgan fingerprint density at radius 1 is 0.903 bits per heavy atom. The van der Waals surface area contributed by atoms with E-state index in [2.05, 4.69) is 30.2 Å². The zero-order chi connectivity index (χ0) is 21.2. The van der Waals surface area contributed by atoms with E-state index < -0.39 is 0 Å². The maximum atomic E-state index is 12.4. The molecule has 0 bridgehead atoms. The van der Waals surface area contributed by atoms with E-state index >= 15 is 0 Å². The van der Waals surface area contributed by atoms with E-state index in [1.54, 1.807) is 55.2 Å². The third kappa shape index (κ3) is 3.62. The first-order chi connectivity index (χ1) is 15.2. The highest BCUT2D eigenvalue weighted by molar-refractivity contribution is 6.03. The average molecular weight is 407 g/mol. The van der Waals surface area contributed by atoms with E-state index in [0.29, 0.717) is 11.4 Å². The fourth-order valence-corrected chi connectivity index (χ4v) is 3.34. The van der Waals surface area contributed by atoms with Crippen LogP contribution in [0.3, 0.4) is 0 Å². The molecule has 0 aliphatic heterocycles. The van der Waals surface area contributed by atoms with Gasteiger partial charge in [-0.2, -0.15) is 0 Å². The number of aromatic nitrogens is 6. The number of nitrogens with zero attached hydrogens (tertiary/aromatic N) is 6. The van der Waals surface area contributed by atoms with Crippen LogP contribution in [0.4, 0.5) is 5.82 Å². The van der Waals surface area contributed by atoms with Crippen LogP contribution in [0.25, 0.3) is 28.1 Å². The molecule has 0 saturated heterocycles. The average Bonchev–Trinajstić information content (AvgIpc) is 3.15. The molecule has 0 radical (unpaired) electrons. The van der Waals surface area contributed by atoms with Crippen LogP contribution in [-0.2, 0) is 0 Å². The van der Waals surface area contributed by atoms with Gasteiger partial charge in [-0.25, -0.2) is 15.0 Å². The molecular weight excluding hydrogens is 390 g/mol. The van der Waals surface area contributed by atoms with E-state index in [-0.39, 0.29) is 5.91 Å². The molecule has 0 unspecified atom stereocenters. The van der Waals surface area contributed by atoms with Crippen molar-refractivity contribution in [2.24, 2.45) is 0 Å². The zero-order valence-corrected chi connectivity index (χ0v) is 16.6. The smallest absolute Gasteiger partial charge is 0.258 e. The molecule has 0 saturated carbocycles. The van der Waals surface area contributed by atoms with Crippen molar-refractivity contribution in [3.8, 4) is 17.1 Å². The minimum Gasteiger partial charge on any atom is -0.307 e. The Balaban J connectivity index is 1.37. The van der Waals surface area contributed by atoms with Gasteiger partial charge in [0.2, 0.25) is 0 Å². The molecule has 150 valence electrons. The van der Waals surface area contributed by atoms with E-state index in [4.69, 9.17) is 0 Å². The van der Waals surface area contributed by atoms with Crippen molar-refractivity contribution in [3.05, 3.63) is 90.9 Å². The summed E-state index contributed by atoms with van der Waals surface area (Å²) in [6.07, 6.45) is 8.41. The maximum absolute atomic E-state index is 12.4. The summed E-state index contributed by atoms with van der Waals surface area (Å²) in [6.45, 7) is 1.94. The molecule has 1 amide bonds. The molecule has 1 N–H and O–H groups in total. The normalized spacial score (nSPS) is 10.9. The second kappa shape index (κ2) is 7.75. The summed E-state index contributed by atoms with van der Waals surface area (Å²) in [4.78, 5) is 34.1. The van der Waals surface area contributed by atoms with Gasteiger partial charge in [0, 0.05) is 30.4 Å². The fourth-order valence-electron chi connectivity index (χ4n) is 3.34. The van der Waals surface area contributed by atoms with Crippen LogP contribution in [0.2, 0.25) is 0 Å². The van der Waals surface area contributed by atoms with Gasteiger partial charge < -0.3 is 5.32 Å². The number of hydrogen-bond acceptors (Lipinski definition) is 6. The number of aryl methyl sites for hydroxylation is 1. The minimum absolute atomic E-state index is 0.261. The van der Waals surface area contributed by atoms with Crippen molar-refractivity contribution in [2.75, 3.05) is 5.32 Å². The van der Waals surface area contributed by atoms with Crippen molar-refractivity contribution < 1.29 is 4.79 Å². The molecule has 0 aliphatic carbocycles. The zero-order valence-electron chi connectivity index (χ0n) is 16.6. The number of imidazole rings is 1. The van der Waals surface area contributed by atoms with Crippen molar-refractivity contribution >= 4 is 22.8 Å². The van der Waals surface area contributed by atoms with Crippen LogP contribution in [-0.4, -0.2) is 35.4 Å². The van der Waals surface area contributed by atoms with E-state index in [1.165, 1.54) is 0 Å². The third-order valence-corrected chi connectivity index (χ3v) is 4.83. The second-order valence-electron chi connectivity index (χ2n) is 6.87. The van der Waals surface area contributed by atoms with Gasteiger partial charge in [0.25, 0.3) is 5.91 Å². The predicted molar refractivity (Wildman–Crippen MR) is 117 cm³/mol. The minimum atomic E-state index is -0.261. The van der Waals surface area contributed by atoms with Crippen LogP contribution < -0.4 is 5.32 Å². The highest BCUT2D eigenvalue weighted by Gasteiger charge is 2.11. The lowest BCUT2D eigenvalue weighted by molar-refractivity contribution is 0.102. The number of rotatable bonds is 4. The molecule has 8 nitrogen and oxygen atoms in total. The first kappa shape index (κ1) is 18.6. The highest BCUT2D eigenvalue weighted by Crippen LogP contribution is 2.22. The number of fused-ring (bicyclic) bond motifs is 1. The summed E-state index contributed by atoms with van der Waals surface area (Å²) in [5.74, 6) is 1.84. The fraction of sp³-hybridized carbons (Fsp3) is 0.0435. The first-order valence-corrected chi connectivity index (χ1v) is 9.63. The summed E-state index contributed by atoms with van der Waals surface area (Å²) >= 11 is 0. The van der Waals surface area contributed by atoms with Gasteiger partial charge in [0.05, 0.1) is 23.0 Å². The topological polar surface area (TPSA) is 98.5 Å². The standard InChI is InChI=1S/C23H17N7O/c1-15-28-19-14-24-11-9-20(19)30(15)22-8-6-16(12-27-22)18-7-5-17(13-26-18)23(31)29-21-4-2-3-10-25-21/h2-14H,1H3,(H,25,29,31). The SMILES string of the molecule is Cc1nc2cnccc2n1-c1ccc(-c2ccc(C(=O)Nc3ccccn3)cn2)cn1. The van der Waals surface area contributed by atoms with E-state index in [9.17, 15) is 4.79 Å². The summed E-state index contributed by atoms with van der Waals surface area (Å²) in [7, 11) is 0. The van der Waals surface area contributed by atoms with Crippen LogP contribution in [0.1, 0.15) is 16.2 Å². The van der Waals surface area contributed by atoms with E-state index in [1.807, 2.05) is 35.8 Å². The number of anilines is 1. The lowest BCUT2D eigenvalue weighted by Crippen LogP contribution is -2.13. The molecule has 5 rings (SSSR count). The molecule has 5 aromatic rings. The summed E-state index contributed by atoms with van der Waals surface area (Å²) < 4.78 is 1.99. The molecular formula is C23H17N7O. The third-order valence-electron chi connectivity index (χ3n) is 4.83. The highest BCUT2D eigenvalue weighted by atomic mass is 16.1. The van der Waals surface area contributed by atoms with Gasteiger partial charge in [-0.15, -0.1) is 0 Å². The van der Waals surface area contributed by atoms with Crippen molar-refractivity contribution in [3.63, 3.8) is 0 Å². The molecule has 0 fully saturated rings. The number of amides is 1. The summed E-state index contributed by atoms with van der Waals surface area (Å²) in [5.41, 5.74) is 3.81. The van der Waals surface area contributed by atoms with Gasteiger partial charge in [0.15, 0.2) is 0 Å². The number of carbonyl (C=O) groups is 1. The van der Waals surface area contributed by atoms with Crippen LogP contribution in [0.5, 0.6) is 0 Å². The lowest BCUT2D eigenvalue weighted by Gasteiger charge is -2.08. The summed E-state index contributed by atoms with van der Waals surface area (Å²) in [6, 6.07) is 14.7. The molecule has 0 aliphatic rings. The number of hydrogen-bond donors (Lipinski definition) is 1. The Bertz CT molecular complexity index is 1360. The van der Waals surface area contributed by atoms with Crippen LogP contribution >= 0.6 is 0 Å². The van der Waals surface area contributed by atoms with Gasteiger partial charge >= 0.3 is 0 Å². The van der Waals surface area contributed by atoms with Gasteiger partial charge in [-0.1, -0.05) is 6.07 Å². The maximum Gasteiger partial charge on any atom is 0.258 e. The Kier molecular flexibility index (Phi) is 4.64. The van der Waals surface area contributed by atoms with Crippen LogP contribution in [0.15, 0.2) is 79.5 Å². The molecule has 5 heterocycles. The molecule has 8 heteroatoms. The summed E-state index contributed by atoms with van der Waals surface area (Å²) in [5, 5.41) is 2.74. The largest absolute Gasteiger partial charge is 0.307 e. The Labute approximate surface area is 177 Å². The molecule has 0 atom stereocenters. The van der Waals surface area contributed by atoms with Crippen molar-refractivity contribution in [1.29, 1.82) is 0 Å². The van der Waals surface area contributed by atoms with Gasteiger partial charge in [-0.05, 0) is 49.4 Å².